The average Bonchev–Trinajstić information content (AvgIpc) is 3.32. The third-order valence-electron chi connectivity index (χ3n) is 5.75. The highest BCUT2D eigenvalue weighted by Gasteiger charge is 2.39. The molecule has 1 saturated heterocycles. The lowest BCUT2D eigenvalue weighted by atomic mass is 10.0. The molecule has 0 aliphatic carbocycles. The topological polar surface area (TPSA) is 63.3 Å². The van der Waals surface area contributed by atoms with Gasteiger partial charge in [-0.25, -0.2) is 9.37 Å². The van der Waals surface area contributed by atoms with Crippen molar-refractivity contribution in [3.05, 3.63) is 82.7 Å². The summed E-state index contributed by atoms with van der Waals surface area (Å²) in [6.07, 6.45) is -10.9. The van der Waals surface area contributed by atoms with Gasteiger partial charge in [-0.05, 0) is 48.4 Å². The van der Waals surface area contributed by atoms with E-state index in [1.165, 1.54) is 37.5 Å². The summed E-state index contributed by atoms with van der Waals surface area (Å²) in [6, 6.07) is 6.12. The van der Waals surface area contributed by atoms with Gasteiger partial charge in [0.25, 0.3) is 0 Å². The van der Waals surface area contributed by atoms with Crippen molar-refractivity contribution in [1.29, 1.82) is 0 Å². The van der Waals surface area contributed by atoms with Crippen molar-refractivity contribution >= 4 is 0 Å². The minimum absolute atomic E-state index is 0.0628. The normalized spacial score (nSPS) is 20.4. The molecule has 2 unspecified atom stereocenters. The summed E-state index contributed by atoms with van der Waals surface area (Å²) < 4.78 is 105. The molecule has 3 aromatic rings. The predicted molar refractivity (Wildman–Crippen MR) is 112 cm³/mol. The predicted octanol–water partition coefficient (Wildman–Crippen LogP) is 5.66. The van der Waals surface area contributed by atoms with Crippen LogP contribution in [-0.2, 0) is 28.4 Å². The van der Waals surface area contributed by atoms with Crippen molar-refractivity contribution in [3.63, 3.8) is 0 Å². The van der Waals surface area contributed by atoms with Crippen LogP contribution in [0.1, 0.15) is 47.1 Å². The van der Waals surface area contributed by atoms with E-state index in [1.807, 2.05) is 4.90 Å². The number of benzene rings is 2. The van der Waals surface area contributed by atoms with Gasteiger partial charge in [0.05, 0.1) is 36.4 Å². The van der Waals surface area contributed by atoms with Crippen LogP contribution < -0.4 is 0 Å². The smallest absolute Gasteiger partial charge is 0.349 e. The number of morpholine rings is 1. The van der Waals surface area contributed by atoms with Gasteiger partial charge < -0.3 is 9.47 Å². The van der Waals surface area contributed by atoms with E-state index in [0.717, 1.165) is 0 Å². The van der Waals surface area contributed by atoms with Crippen molar-refractivity contribution < 1.29 is 40.2 Å². The molecule has 1 aromatic heterocycles. The van der Waals surface area contributed by atoms with Crippen LogP contribution in [0.25, 0.3) is 0 Å². The van der Waals surface area contributed by atoms with Gasteiger partial charge in [0.1, 0.15) is 12.1 Å². The molecule has 36 heavy (non-hydrogen) atoms. The van der Waals surface area contributed by atoms with Crippen LogP contribution in [-0.4, -0.2) is 39.5 Å². The molecule has 0 saturated carbocycles. The largest absolute Gasteiger partial charge is 0.416 e. The number of aromatic nitrogens is 3. The molecule has 4 rings (SSSR count). The van der Waals surface area contributed by atoms with Crippen LogP contribution in [0.5, 0.6) is 0 Å². The van der Waals surface area contributed by atoms with Gasteiger partial charge in [0.2, 0.25) is 0 Å². The fourth-order valence-corrected chi connectivity index (χ4v) is 3.99. The molecule has 1 aliphatic heterocycles. The Balaban J connectivity index is 1.66. The Morgan fingerprint density at radius 3 is 2.25 bits per heavy atom. The van der Waals surface area contributed by atoms with E-state index >= 15 is 0 Å². The maximum Gasteiger partial charge on any atom is 0.416 e. The first-order valence-electron chi connectivity index (χ1n) is 10.8. The first kappa shape index (κ1) is 26.0. The maximum atomic E-state index is 13.6. The van der Waals surface area contributed by atoms with Crippen LogP contribution in [0, 0.1) is 5.82 Å². The molecule has 0 spiro atoms. The lowest BCUT2D eigenvalue weighted by Crippen LogP contribution is -2.46. The lowest BCUT2D eigenvalue weighted by molar-refractivity contribution is -0.231. The first-order valence-corrected chi connectivity index (χ1v) is 10.8. The summed E-state index contributed by atoms with van der Waals surface area (Å²) >= 11 is 0. The van der Waals surface area contributed by atoms with Gasteiger partial charge >= 0.3 is 12.4 Å². The highest BCUT2D eigenvalue weighted by molar-refractivity contribution is 5.34. The number of nitrogens with one attached hydrogen (secondary N) is 1. The van der Waals surface area contributed by atoms with Crippen molar-refractivity contribution in [1.82, 2.24) is 20.1 Å². The van der Waals surface area contributed by atoms with E-state index in [-0.39, 0.29) is 24.8 Å². The Hall–Kier alpha value is -3.03. The van der Waals surface area contributed by atoms with Crippen molar-refractivity contribution in [2.45, 2.75) is 44.3 Å². The molecule has 0 radical (unpaired) electrons. The number of aromatic amines is 1. The summed E-state index contributed by atoms with van der Waals surface area (Å²) in [5.74, 6) is -0.0333. The molecule has 1 N–H and O–H groups in total. The summed E-state index contributed by atoms with van der Waals surface area (Å²) in [6.45, 7) is 2.14. The number of rotatable bonds is 6. The number of ether oxygens (including phenoxy) is 2. The number of halogens is 7. The van der Waals surface area contributed by atoms with Crippen molar-refractivity contribution in [2.24, 2.45) is 0 Å². The Morgan fingerprint density at radius 1 is 1.06 bits per heavy atom. The minimum Gasteiger partial charge on any atom is -0.349 e. The molecular formula is C23H21F7N4O2. The second kappa shape index (κ2) is 10.1. The molecule has 2 aromatic carbocycles. The number of nitrogens with zero attached hydrogens (tertiary/aromatic N) is 3. The van der Waals surface area contributed by atoms with Gasteiger partial charge in [0, 0.05) is 6.54 Å². The van der Waals surface area contributed by atoms with E-state index in [0.29, 0.717) is 30.1 Å². The summed E-state index contributed by atoms with van der Waals surface area (Å²) in [5, 5.41) is 6.62. The Labute approximate surface area is 201 Å². The Morgan fingerprint density at radius 2 is 1.69 bits per heavy atom. The second-order valence-corrected chi connectivity index (χ2v) is 8.24. The molecule has 0 bridgehead atoms. The van der Waals surface area contributed by atoms with Gasteiger partial charge in [-0.15, -0.1) is 0 Å². The van der Waals surface area contributed by atoms with E-state index in [2.05, 4.69) is 15.2 Å². The van der Waals surface area contributed by atoms with Crippen LogP contribution in [0.3, 0.4) is 0 Å². The van der Waals surface area contributed by atoms with Gasteiger partial charge in [-0.3, -0.25) is 10.00 Å². The molecule has 194 valence electrons. The number of hydrogen-bond acceptors (Lipinski definition) is 5. The quantitative estimate of drug-likeness (QED) is 0.427. The zero-order valence-electron chi connectivity index (χ0n) is 18.8. The van der Waals surface area contributed by atoms with Crippen LogP contribution >= 0.6 is 0 Å². The highest BCUT2D eigenvalue weighted by Crippen LogP contribution is 2.39. The van der Waals surface area contributed by atoms with Crippen molar-refractivity contribution in [3.8, 4) is 0 Å². The number of alkyl halides is 6. The summed E-state index contributed by atoms with van der Waals surface area (Å²) in [7, 11) is 0. The van der Waals surface area contributed by atoms with E-state index in [9.17, 15) is 30.7 Å². The fraction of sp³-hybridized carbons (Fsp3) is 0.391. The number of H-pyrrole nitrogens is 1. The Bertz CT molecular complexity index is 1120. The van der Waals surface area contributed by atoms with Gasteiger partial charge in [0.15, 0.2) is 12.1 Å². The van der Waals surface area contributed by atoms with E-state index in [1.54, 1.807) is 0 Å². The van der Waals surface area contributed by atoms with Crippen LogP contribution in [0.2, 0.25) is 0 Å². The maximum absolute atomic E-state index is 13.6. The highest BCUT2D eigenvalue weighted by atomic mass is 19.4. The third-order valence-corrected chi connectivity index (χ3v) is 5.75. The molecule has 1 fully saturated rings. The van der Waals surface area contributed by atoms with E-state index < -0.39 is 47.7 Å². The molecule has 0 amide bonds. The number of hydrogen-bond donors (Lipinski definition) is 1. The SMILES string of the molecule is C[C@@H](OC1OCCN(Cc2nc[nH]n2)C1c1ccc(F)cc1)c1cc(C(F)(F)F)cc(C(F)(F)F)c1. The second-order valence-electron chi connectivity index (χ2n) is 8.24. The lowest BCUT2D eigenvalue weighted by Gasteiger charge is -2.41. The van der Waals surface area contributed by atoms with Crippen LogP contribution in [0.15, 0.2) is 48.8 Å². The Kier molecular flexibility index (Phi) is 7.34. The third kappa shape index (κ3) is 6.02. The van der Waals surface area contributed by atoms with E-state index in [4.69, 9.17) is 9.47 Å². The van der Waals surface area contributed by atoms with Crippen LogP contribution in [0.4, 0.5) is 30.7 Å². The first-order chi connectivity index (χ1) is 16.9. The van der Waals surface area contributed by atoms with Gasteiger partial charge in [-0.2, -0.15) is 31.4 Å². The molecule has 3 atom stereocenters. The van der Waals surface area contributed by atoms with Crippen molar-refractivity contribution in [2.75, 3.05) is 13.2 Å². The molecule has 2 heterocycles. The zero-order chi connectivity index (χ0) is 26.1. The fourth-order valence-electron chi connectivity index (χ4n) is 3.99. The molecule has 13 heteroatoms. The van der Waals surface area contributed by atoms with Gasteiger partial charge in [-0.1, -0.05) is 12.1 Å². The summed E-state index contributed by atoms with van der Waals surface area (Å²) in [5.41, 5.74) is -2.61. The molecule has 1 aliphatic rings. The molecular weight excluding hydrogens is 497 g/mol. The average molecular weight is 518 g/mol. The summed E-state index contributed by atoms with van der Waals surface area (Å²) in [4.78, 5) is 5.97. The minimum atomic E-state index is -4.99. The molecule has 6 nitrogen and oxygen atoms in total. The standard InChI is InChI=1S/C23H21F7N4O2/c1-13(15-8-16(22(25,26)27)10-17(9-15)23(28,29)30)36-21-20(14-2-4-18(24)5-3-14)34(6-7-35-21)11-19-31-12-32-33-19/h2-5,8-10,12-13,20-21H,6-7,11H2,1H3,(H,31,32,33)/t13-,20?,21?/m1/s1. The zero-order valence-corrected chi connectivity index (χ0v) is 18.8. The monoisotopic (exact) mass is 518 g/mol.